The number of aliphatic hydroxyl groups is 1. The van der Waals surface area contributed by atoms with E-state index in [0.717, 1.165) is 38.5 Å². The fourth-order valence-electron chi connectivity index (χ4n) is 6.96. The van der Waals surface area contributed by atoms with Crippen LogP contribution in [0.1, 0.15) is 88.8 Å². The molecule has 3 saturated carbocycles. The molecule has 3 aromatic heterocycles. The summed E-state index contributed by atoms with van der Waals surface area (Å²) in [6, 6.07) is 0. The van der Waals surface area contributed by atoms with Crippen LogP contribution in [0.3, 0.4) is 0 Å². The second-order valence-electron chi connectivity index (χ2n) is 13.6. The van der Waals surface area contributed by atoms with Crippen molar-refractivity contribution in [3.8, 4) is 12.3 Å². The number of aromatic nitrogens is 4. The van der Waals surface area contributed by atoms with Crippen molar-refractivity contribution in [2.45, 2.75) is 109 Å². The van der Waals surface area contributed by atoms with Gasteiger partial charge in [-0.15, -0.1) is 6.42 Å². The van der Waals surface area contributed by atoms with E-state index in [0.29, 0.717) is 5.92 Å². The summed E-state index contributed by atoms with van der Waals surface area (Å²) >= 11 is 0. The maximum Gasteiger partial charge on any atom is 0.519 e. The molecule has 0 radical (unpaired) electrons. The number of nitrogens with zero attached hydrogens (tertiary/aromatic N) is 4. The molecule has 2 N–H and O–H groups in total. The molecule has 2 bridgehead atoms. The summed E-state index contributed by atoms with van der Waals surface area (Å²) < 4.78 is 34.1. The molecule has 4 heterocycles. The first-order valence-corrected chi connectivity index (χ1v) is 16.2. The zero-order valence-corrected chi connectivity index (χ0v) is 27.8. The normalized spacial score (nSPS) is 26.3. The lowest BCUT2D eigenvalue weighted by atomic mass is 9.61. The Morgan fingerprint density at radius 3 is 2.51 bits per heavy atom. The Kier molecular flexibility index (Phi) is 9.01. The number of fused-ring (bicyclic) bond motifs is 4. The first-order chi connectivity index (χ1) is 23.2. The minimum absolute atomic E-state index is 0.0356. The van der Waals surface area contributed by atoms with Crippen LogP contribution in [0.25, 0.3) is 11.2 Å². The molecule has 0 aromatic carbocycles. The standard InChI is InChI=1S/C33H39N5O11/c1-6-33(16-39)22(47-28(41)32-10-7-20(8-11-32)9-12-32)13-23(48-33)38-17-34-25-26(35-19(3)36-27(25)38)37-29(42)49-31(4,5)14-24(40)44-15-21-18(2)45-30(43)46-21/h1,17,20,22-23,39H,7-16H2,2-5H3,(H,35,36,37,42)/t20?,22-,23+,32?,33+/m0/s1. The lowest BCUT2D eigenvalue weighted by Gasteiger charge is -2.45. The number of carbonyl (C=O) groups is 3. The maximum absolute atomic E-state index is 13.5. The van der Waals surface area contributed by atoms with Crippen LogP contribution in [-0.2, 0) is 35.1 Å². The van der Waals surface area contributed by atoms with E-state index < -0.39 is 53.4 Å². The van der Waals surface area contributed by atoms with Gasteiger partial charge in [0.15, 0.2) is 40.7 Å². The van der Waals surface area contributed by atoms with Crippen molar-refractivity contribution in [3.05, 3.63) is 34.3 Å². The predicted molar refractivity (Wildman–Crippen MR) is 168 cm³/mol. The lowest BCUT2D eigenvalue weighted by Crippen LogP contribution is -2.48. The molecule has 4 aliphatic rings. The summed E-state index contributed by atoms with van der Waals surface area (Å²) in [4.78, 5) is 63.4. The molecule has 0 unspecified atom stereocenters. The molecule has 16 heteroatoms. The van der Waals surface area contributed by atoms with Gasteiger partial charge in [-0.1, -0.05) is 5.92 Å². The van der Waals surface area contributed by atoms with Gasteiger partial charge in [-0.05, 0) is 72.1 Å². The summed E-state index contributed by atoms with van der Waals surface area (Å²) in [6.07, 6.45) is 9.82. The van der Waals surface area contributed by atoms with Crippen LogP contribution in [0.5, 0.6) is 0 Å². The van der Waals surface area contributed by atoms with Crippen LogP contribution >= 0.6 is 0 Å². The fraction of sp³-hybridized carbons (Fsp3) is 0.606. The van der Waals surface area contributed by atoms with E-state index in [1.807, 2.05) is 0 Å². The highest BCUT2D eigenvalue weighted by Gasteiger charge is 2.54. The minimum atomic E-state index is -1.58. The van der Waals surface area contributed by atoms with E-state index in [4.69, 9.17) is 34.2 Å². The highest BCUT2D eigenvalue weighted by atomic mass is 16.6. The largest absolute Gasteiger partial charge is 0.519 e. The SMILES string of the molecule is C#C[C@]1(CO)O[C@@H](n2cnc3c(NC(=O)OC(C)(C)CC(=O)OCc4oc(=O)oc4C)nc(C)nc32)C[C@@H]1OC(=O)C12CCC(CC1)CC2. The summed E-state index contributed by atoms with van der Waals surface area (Å²) in [5.74, 6) is 1.86. The van der Waals surface area contributed by atoms with Crippen LogP contribution in [-0.4, -0.2) is 66.6 Å². The zero-order chi connectivity index (χ0) is 35.1. The monoisotopic (exact) mass is 681 g/mol. The molecule has 1 aliphatic heterocycles. The van der Waals surface area contributed by atoms with Gasteiger partial charge in [0.1, 0.15) is 23.8 Å². The van der Waals surface area contributed by atoms with Gasteiger partial charge in [0.25, 0.3) is 0 Å². The molecule has 16 nitrogen and oxygen atoms in total. The van der Waals surface area contributed by atoms with Crippen molar-refractivity contribution >= 4 is 35.0 Å². The Morgan fingerprint density at radius 2 is 1.88 bits per heavy atom. The second kappa shape index (κ2) is 12.9. The van der Waals surface area contributed by atoms with Crippen LogP contribution in [0.15, 0.2) is 20.0 Å². The van der Waals surface area contributed by atoms with E-state index in [2.05, 4.69) is 26.2 Å². The highest BCUT2D eigenvalue weighted by molar-refractivity contribution is 5.93. The second-order valence-corrected chi connectivity index (χ2v) is 13.6. The number of hydrogen-bond donors (Lipinski definition) is 2. The number of terminal acetylenes is 1. The van der Waals surface area contributed by atoms with Crippen LogP contribution in [0.2, 0.25) is 0 Å². The topological polar surface area (TPSA) is 207 Å². The van der Waals surface area contributed by atoms with E-state index in [9.17, 15) is 24.3 Å². The number of aliphatic hydroxyl groups excluding tert-OH is 1. The molecule has 3 aromatic rings. The van der Waals surface area contributed by atoms with E-state index >= 15 is 0 Å². The smallest absolute Gasteiger partial charge is 0.457 e. The number of rotatable bonds is 10. The number of esters is 2. The molecule has 0 spiro atoms. The van der Waals surface area contributed by atoms with E-state index in [-0.39, 0.29) is 59.7 Å². The van der Waals surface area contributed by atoms with Gasteiger partial charge >= 0.3 is 23.9 Å². The summed E-state index contributed by atoms with van der Waals surface area (Å²) in [7, 11) is 0. The highest BCUT2D eigenvalue weighted by Crippen LogP contribution is 2.52. The third kappa shape index (κ3) is 6.77. The van der Waals surface area contributed by atoms with Crippen molar-refractivity contribution in [2.75, 3.05) is 11.9 Å². The minimum Gasteiger partial charge on any atom is -0.457 e. The fourth-order valence-corrected chi connectivity index (χ4v) is 6.96. The van der Waals surface area contributed by atoms with Crippen molar-refractivity contribution in [3.63, 3.8) is 0 Å². The van der Waals surface area contributed by atoms with Crippen LogP contribution in [0.4, 0.5) is 10.6 Å². The Bertz CT molecular complexity index is 1850. The Labute approximate surface area is 280 Å². The number of amides is 1. The number of carbonyl (C=O) groups excluding carboxylic acids is 3. The molecule has 4 fully saturated rings. The van der Waals surface area contributed by atoms with E-state index in [1.54, 1.807) is 11.5 Å². The van der Waals surface area contributed by atoms with Gasteiger partial charge in [0.2, 0.25) is 0 Å². The lowest BCUT2D eigenvalue weighted by molar-refractivity contribution is -0.176. The predicted octanol–water partition coefficient (Wildman–Crippen LogP) is 3.62. The Balaban J connectivity index is 1.13. The number of aryl methyl sites for hydroxylation is 2. The first-order valence-electron chi connectivity index (χ1n) is 16.2. The van der Waals surface area contributed by atoms with Gasteiger partial charge < -0.3 is 32.9 Å². The summed E-state index contributed by atoms with van der Waals surface area (Å²) in [6.45, 7) is 5.25. The van der Waals surface area contributed by atoms with Gasteiger partial charge in [-0.2, -0.15) is 0 Å². The van der Waals surface area contributed by atoms with Gasteiger partial charge in [-0.3, -0.25) is 19.5 Å². The van der Waals surface area contributed by atoms with Gasteiger partial charge in [0.05, 0.1) is 24.8 Å². The molecule has 1 amide bonds. The molecular weight excluding hydrogens is 642 g/mol. The summed E-state index contributed by atoms with van der Waals surface area (Å²) in [5.41, 5.74) is -2.93. The summed E-state index contributed by atoms with van der Waals surface area (Å²) in [5, 5.41) is 12.9. The molecular formula is C33H39N5O11. The maximum atomic E-state index is 13.5. The number of imidazole rings is 1. The van der Waals surface area contributed by atoms with Crippen molar-refractivity contribution in [1.29, 1.82) is 0 Å². The molecule has 7 rings (SSSR count). The average molecular weight is 682 g/mol. The van der Waals surface area contributed by atoms with Crippen molar-refractivity contribution < 1.29 is 47.3 Å². The molecule has 49 heavy (non-hydrogen) atoms. The van der Waals surface area contributed by atoms with Gasteiger partial charge in [-0.25, -0.2) is 24.5 Å². The molecule has 262 valence electrons. The van der Waals surface area contributed by atoms with Crippen LogP contribution < -0.4 is 11.1 Å². The van der Waals surface area contributed by atoms with E-state index in [1.165, 1.54) is 27.1 Å². The molecule has 3 aliphatic carbocycles. The quantitative estimate of drug-likeness (QED) is 0.178. The number of ether oxygens (including phenoxy) is 4. The Hall–Kier alpha value is -4.75. The zero-order valence-electron chi connectivity index (χ0n) is 27.8. The number of anilines is 1. The van der Waals surface area contributed by atoms with Gasteiger partial charge in [0, 0.05) is 6.42 Å². The van der Waals surface area contributed by atoms with Crippen molar-refractivity contribution in [1.82, 2.24) is 19.5 Å². The van der Waals surface area contributed by atoms with Crippen LogP contribution in [0, 0.1) is 37.5 Å². The molecule has 3 atom stereocenters. The molecule has 1 saturated heterocycles. The number of hydrogen-bond acceptors (Lipinski definition) is 14. The third-order valence-electron chi connectivity index (χ3n) is 9.74. The average Bonchev–Trinajstić information content (AvgIpc) is 3.74. The third-order valence-corrected chi connectivity index (χ3v) is 9.74. The Morgan fingerprint density at radius 1 is 1.16 bits per heavy atom. The van der Waals surface area contributed by atoms with Crippen molar-refractivity contribution in [2.24, 2.45) is 11.3 Å². The number of nitrogens with one attached hydrogen (secondary N) is 1. The first kappa shape index (κ1) is 34.1.